The molecule has 19 heavy (non-hydrogen) atoms. The van der Waals surface area contributed by atoms with Gasteiger partial charge in [-0.3, -0.25) is 0 Å². The zero-order valence-corrected chi connectivity index (χ0v) is 11.3. The molecule has 0 fully saturated rings. The van der Waals surface area contributed by atoms with Crippen LogP contribution in [0.5, 0.6) is 11.5 Å². The third kappa shape index (κ3) is 2.19. The number of rotatable bonds is 2. The average Bonchev–Trinajstić information content (AvgIpc) is 2.86. The lowest BCUT2D eigenvalue weighted by Crippen LogP contribution is -2.00. The highest BCUT2D eigenvalue weighted by molar-refractivity contribution is 9.10. The maximum absolute atomic E-state index is 14.0. The summed E-state index contributed by atoms with van der Waals surface area (Å²) in [7, 11) is 0. The SMILES string of the molecule is Nc1ccc(Br)c(F)c1Nc1ccc2c(c1)OCO2. The third-order valence-corrected chi connectivity index (χ3v) is 3.38. The van der Waals surface area contributed by atoms with Crippen molar-refractivity contribution in [3.05, 3.63) is 40.6 Å². The van der Waals surface area contributed by atoms with Crippen LogP contribution in [-0.2, 0) is 0 Å². The topological polar surface area (TPSA) is 56.5 Å². The summed E-state index contributed by atoms with van der Waals surface area (Å²) in [5, 5.41) is 2.95. The van der Waals surface area contributed by atoms with Gasteiger partial charge in [0.15, 0.2) is 17.3 Å². The first kappa shape index (κ1) is 12.1. The Bertz CT molecular complexity index is 649. The summed E-state index contributed by atoms with van der Waals surface area (Å²) in [5.74, 6) is 0.866. The fourth-order valence-electron chi connectivity index (χ4n) is 1.81. The first-order chi connectivity index (χ1) is 9.15. The van der Waals surface area contributed by atoms with Gasteiger partial charge >= 0.3 is 0 Å². The van der Waals surface area contributed by atoms with Crippen LogP contribution in [0.15, 0.2) is 34.8 Å². The summed E-state index contributed by atoms with van der Waals surface area (Å²) in [6, 6.07) is 8.46. The van der Waals surface area contributed by atoms with E-state index in [0.717, 1.165) is 0 Å². The van der Waals surface area contributed by atoms with Gasteiger partial charge in [0.25, 0.3) is 0 Å². The van der Waals surface area contributed by atoms with Crippen molar-refractivity contribution in [2.75, 3.05) is 17.8 Å². The van der Waals surface area contributed by atoms with E-state index in [4.69, 9.17) is 15.2 Å². The van der Waals surface area contributed by atoms with E-state index in [-0.39, 0.29) is 12.5 Å². The van der Waals surface area contributed by atoms with Gasteiger partial charge in [-0.15, -0.1) is 0 Å². The molecule has 2 aromatic carbocycles. The molecule has 0 saturated carbocycles. The van der Waals surface area contributed by atoms with Crippen LogP contribution in [0.4, 0.5) is 21.5 Å². The summed E-state index contributed by atoms with van der Waals surface area (Å²) >= 11 is 3.13. The predicted molar refractivity (Wildman–Crippen MR) is 74.4 cm³/mol. The summed E-state index contributed by atoms with van der Waals surface area (Å²) in [6.07, 6.45) is 0. The maximum atomic E-state index is 14.0. The first-order valence-corrected chi connectivity index (χ1v) is 6.34. The number of nitrogens with one attached hydrogen (secondary N) is 1. The minimum absolute atomic E-state index is 0.201. The molecule has 0 aromatic heterocycles. The smallest absolute Gasteiger partial charge is 0.231 e. The quantitative estimate of drug-likeness (QED) is 0.828. The minimum atomic E-state index is -0.433. The number of halogens is 2. The van der Waals surface area contributed by atoms with Crippen LogP contribution < -0.4 is 20.5 Å². The van der Waals surface area contributed by atoms with Gasteiger partial charge in [0.05, 0.1) is 15.8 Å². The molecule has 0 spiro atoms. The van der Waals surface area contributed by atoms with Crippen molar-refractivity contribution in [2.24, 2.45) is 0 Å². The van der Waals surface area contributed by atoms with E-state index in [2.05, 4.69) is 21.2 Å². The van der Waals surface area contributed by atoms with E-state index >= 15 is 0 Å². The van der Waals surface area contributed by atoms with Crippen LogP contribution in [0.1, 0.15) is 0 Å². The van der Waals surface area contributed by atoms with E-state index < -0.39 is 5.82 Å². The Kier molecular flexibility index (Phi) is 2.94. The van der Waals surface area contributed by atoms with E-state index in [0.29, 0.717) is 27.3 Å². The molecule has 0 radical (unpaired) electrons. The maximum Gasteiger partial charge on any atom is 0.231 e. The molecule has 0 unspecified atom stereocenters. The molecule has 1 aliphatic rings. The highest BCUT2D eigenvalue weighted by atomic mass is 79.9. The largest absolute Gasteiger partial charge is 0.454 e. The highest BCUT2D eigenvalue weighted by Gasteiger charge is 2.15. The molecular weight excluding hydrogens is 315 g/mol. The molecule has 0 amide bonds. The minimum Gasteiger partial charge on any atom is -0.454 e. The van der Waals surface area contributed by atoms with E-state index in [1.54, 1.807) is 30.3 Å². The highest BCUT2D eigenvalue weighted by Crippen LogP contribution is 2.37. The molecule has 98 valence electrons. The molecule has 4 nitrogen and oxygen atoms in total. The number of fused-ring (bicyclic) bond motifs is 1. The molecule has 3 N–H and O–H groups in total. The molecule has 0 bridgehead atoms. The predicted octanol–water partition coefficient (Wildman–Crippen LogP) is 3.64. The van der Waals surface area contributed by atoms with E-state index in [1.165, 1.54) is 0 Å². The second-order valence-electron chi connectivity index (χ2n) is 4.02. The fourth-order valence-corrected chi connectivity index (χ4v) is 2.14. The lowest BCUT2D eigenvalue weighted by atomic mass is 10.2. The monoisotopic (exact) mass is 324 g/mol. The Morgan fingerprint density at radius 1 is 1.16 bits per heavy atom. The van der Waals surface area contributed by atoms with Gasteiger partial charge in [-0.2, -0.15) is 0 Å². The Hall–Kier alpha value is -1.95. The number of benzene rings is 2. The number of ether oxygens (including phenoxy) is 2. The summed E-state index contributed by atoms with van der Waals surface area (Å²) in [4.78, 5) is 0. The number of hydrogen-bond acceptors (Lipinski definition) is 4. The Morgan fingerprint density at radius 2 is 1.95 bits per heavy atom. The average molecular weight is 325 g/mol. The second kappa shape index (κ2) is 4.62. The number of nitrogen functional groups attached to an aromatic ring is 1. The van der Waals surface area contributed by atoms with Crippen molar-refractivity contribution in [1.29, 1.82) is 0 Å². The zero-order valence-electron chi connectivity index (χ0n) is 9.74. The molecular formula is C13H10BrFN2O2. The van der Waals surface area contributed by atoms with Crippen LogP contribution >= 0.6 is 15.9 Å². The third-order valence-electron chi connectivity index (χ3n) is 2.77. The van der Waals surface area contributed by atoms with Crippen molar-refractivity contribution in [1.82, 2.24) is 0 Å². The first-order valence-electron chi connectivity index (χ1n) is 5.55. The van der Waals surface area contributed by atoms with Gasteiger partial charge in [-0.05, 0) is 40.2 Å². The molecule has 2 aromatic rings. The molecule has 0 aliphatic carbocycles. The fraction of sp³-hybridized carbons (Fsp3) is 0.0769. The number of anilines is 3. The zero-order chi connectivity index (χ0) is 13.4. The summed E-state index contributed by atoms with van der Waals surface area (Å²) in [5.41, 5.74) is 7.01. The summed E-state index contributed by atoms with van der Waals surface area (Å²) in [6.45, 7) is 0.201. The molecule has 0 atom stereocenters. The van der Waals surface area contributed by atoms with Gasteiger partial charge in [-0.25, -0.2) is 4.39 Å². The lowest BCUT2D eigenvalue weighted by Gasteiger charge is -2.11. The van der Waals surface area contributed by atoms with Gasteiger partial charge in [-0.1, -0.05) is 0 Å². The molecule has 6 heteroatoms. The lowest BCUT2D eigenvalue weighted by molar-refractivity contribution is 0.174. The standard InChI is InChI=1S/C13H10BrFN2O2/c14-8-2-3-9(16)13(12(8)15)17-7-1-4-10-11(5-7)19-6-18-10/h1-5,17H,6,16H2. The van der Waals surface area contributed by atoms with Crippen molar-refractivity contribution < 1.29 is 13.9 Å². The van der Waals surface area contributed by atoms with Crippen LogP contribution in [0.25, 0.3) is 0 Å². The van der Waals surface area contributed by atoms with Crippen LogP contribution in [-0.4, -0.2) is 6.79 Å². The Morgan fingerprint density at radius 3 is 2.79 bits per heavy atom. The van der Waals surface area contributed by atoms with E-state index in [1.807, 2.05) is 0 Å². The molecule has 1 aliphatic heterocycles. The Balaban J connectivity index is 1.96. The molecule has 1 heterocycles. The molecule has 0 saturated heterocycles. The van der Waals surface area contributed by atoms with Crippen LogP contribution in [0.3, 0.4) is 0 Å². The van der Waals surface area contributed by atoms with Crippen molar-refractivity contribution in [3.63, 3.8) is 0 Å². The number of nitrogens with two attached hydrogens (primary N) is 1. The van der Waals surface area contributed by atoms with Crippen LogP contribution in [0.2, 0.25) is 0 Å². The van der Waals surface area contributed by atoms with Crippen molar-refractivity contribution >= 4 is 33.0 Å². The normalized spacial score (nSPS) is 12.5. The summed E-state index contributed by atoms with van der Waals surface area (Å²) < 4.78 is 24.8. The van der Waals surface area contributed by atoms with E-state index in [9.17, 15) is 4.39 Å². The Labute approximate surface area is 117 Å². The van der Waals surface area contributed by atoms with Crippen LogP contribution in [0, 0.1) is 5.82 Å². The van der Waals surface area contributed by atoms with Gasteiger partial charge in [0, 0.05) is 11.8 Å². The van der Waals surface area contributed by atoms with Gasteiger partial charge in [0.1, 0.15) is 0 Å². The molecule has 3 rings (SSSR count). The second-order valence-corrected chi connectivity index (χ2v) is 4.87. The van der Waals surface area contributed by atoms with Gasteiger partial charge in [0.2, 0.25) is 6.79 Å². The van der Waals surface area contributed by atoms with Crippen molar-refractivity contribution in [2.45, 2.75) is 0 Å². The number of hydrogen-bond donors (Lipinski definition) is 2. The van der Waals surface area contributed by atoms with Gasteiger partial charge < -0.3 is 20.5 Å². The van der Waals surface area contributed by atoms with Crippen molar-refractivity contribution in [3.8, 4) is 11.5 Å².